The number of benzene rings is 2. The first kappa shape index (κ1) is 13.9. The van der Waals surface area contributed by atoms with Crippen LogP contribution < -0.4 is 14.2 Å². The molecular formula is C16H16O4. The highest BCUT2D eigenvalue weighted by atomic mass is 16.5. The molecule has 0 saturated heterocycles. The van der Waals surface area contributed by atoms with Crippen LogP contribution >= 0.6 is 0 Å². The first-order chi connectivity index (χ1) is 9.72. The highest BCUT2D eigenvalue weighted by Crippen LogP contribution is 2.19. The van der Waals surface area contributed by atoms with Crippen LogP contribution in [-0.2, 0) is 0 Å². The molecule has 104 valence electrons. The minimum Gasteiger partial charge on any atom is -0.497 e. The molecule has 0 aliphatic heterocycles. The lowest BCUT2D eigenvalue weighted by Crippen LogP contribution is -2.08. The van der Waals surface area contributed by atoms with Crippen LogP contribution in [0.2, 0.25) is 0 Å². The Morgan fingerprint density at radius 1 is 0.900 bits per heavy atom. The number of rotatable bonds is 5. The molecule has 20 heavy (non-hydrogen) atoms. The summed E-state index contributed by atoms with van der Waals surface area (Å²) in [7, 11) is 1.58. The van der Waals surface area contributed by atoms with Crippen molar-refractivity contribution >= 4 is 5.97 Å². The van der Waals surface area contributed by atoms with Gasteiger partial charge in [-0.3, -0.25) is 0 Å². The molecule has 4 heteroatoms. The molecule has 0 heterocycles. The third-order valence-corrected chi connectivity index (χ3v) is 2.67. The van der Waals surface area contributed by atoms with Gasteiger partial charge in [0, 0.05) is 0 Å². The Morgan fingerprint density at radius 2 is 1.45 bits per heavy atom. The monoisotopic (exact) mass is 272 g/mol. The Labute approximate surface area is 117 Å². The summed E-state index contributed by atoms with van der Waals surface area (Å²) < 4.78 is 15.6. The Hall–Kier alpha value is -2.49. The zero-order chi connectivity index (χ0) is 14.4. The second-order valence-electron chi connectivity index (χ2n) is 4.02. The van der Waals surface area contributed by atoms with Crippen molar-refractivity contribution in [1.82, 2.24) is 0 Å². The number of carbonyl (C=O) groups excluding carboxylic acids is 1. The normalized spacial score (nSPS) is 9.90. The smallest absolute Gasteiger partial charge is 0.343 e. The zero-order valence-electron chi connectivity index (χ0n) is 11.5. The highest BCUT2D eigenvalue weighted by Gasteiger charge is 2.08. The molecule has 0 bridgehead atoms. The summed E-state index contributed by atoms with van der Waals surface area (Å²) in [6, 6.07) is 13.7. The van der Waals surface area contributed by atoms with Crippen LogP contribution in [0.15, 0.2) is 48.5 Å². The van der Waals surface area contributed by atoms with Crippen molar-refractivity contribution in [3.05, 3.63) is 54.1 Å². The van der Waals surface area contributed by atoms with Crippen molar-refractivity contribution in [3.8, 4) is 17.2 Å². The van der Waals surface area contributed by atoms with Crippen LogP contribution in [0.4, 0.5) is 0 Å². The van der Waals surface area contributed by atoms with Gasteiger partial charge in [0.25, 0.3) is 0 Å². The summed E-state index contributed by atoms with van der Waals surface area (Å²) in [5.74, 6) is 1.52. The number of hydrogen-bond donors (Lipinski definition) is 0. The van der Waals surface area contributed by atoms with Gasteiger partial charge in [-0.05, 0) is 55.5 Å². The van der Waals surface area contributed by atoms with Crippen LogP contribution in [0.1, 0.15) is 17.3 Å². The number of esters is 1. The van der Waals surface area contributed by atoms with Crippen LogP contribution in [0.25, 0.3) is 0 Å². The topological polar surface area (TPSA) is 44.8 Å². The van der Waals surface area contributed by atoms with E-state index < -0.39 is 5.97 Å². The molecule has 0 saturated carbocycles. The Balaban J connectivity index is 2.03. The largest absolute Gasteiger partial charge is 0.497 e. The maximum Gasteiger partial charge on any atom is 0.343 e. The van der Waals surface area contributed by atoms with E-state index >= 15 is 0 Å². The van der Waals surface area contributed by atoms with Crippen molar-refractivity contribution in [2.45, 2.75) is 6.92 Å². The summed E-state index contributed by atoms with van der Waals surface area (Å²) in [4.78, 5) is 11.9. The van der Waals surface area contributed by atoms with E-state index in [1.54, 1.807) is 55.6 Å². The fourth-order valence-corrected chi connectivity index (χ4v) is 1.66. The van der Waals surface area contributed by atoms with Crippen molar-refractivity contribution in [2.75, 3.05) is 13.7 Å². The van der Waals surface area contributed by atoms with Gasteiger partial charge in [0.2, 0.25) is 0 Å². The quantitative estimate of drug-likeness (QED) is 0.618. The number of hydrogen-bond acceptors (Lipinski definition) is 4. The maximum atomic E-state index is 11.9. The van der Waals surface area contributed by atoms with Gasteiger partial charge in [0.05, 0.1) is 19.3 Å². The molecule has 0 fully saturated rings. The van der Waals surface area contributed by atoms with Crippen molar-refractivity contribution in [3.63, 3.8) is 0 Å². The third kappa shape index (κ3) is 3.51. The van der Waals surface area contributed by atoms with E-state index in [0.29, 0.717) is 23.7 Å². The standard InChI is InChI=1S/C16H16O4/c1-3-19-14-6-4-12(5-7-14)16(17)20-15-10-8-13(18-2)9-11-15/h4-11H,3H2,1-2H3. The van der Waals surface area contributed by atoms with E-state index in [1.165, 1.54) is 0 Å². The second-order valence-corrected chi connectivity index (χ2v) is 4.02. The molecule has 0 unspecified atom stereocenters. The SMILES string of the molecule is CCOc1ccc(C(=O)Oc2ccc(OC)cc2)cc1. The van der Waals surface area contributed by atoms with Gasteiger partial charge in [0.15, 0.2) is 0 Å². The lowest BCUT2D eigenvalue weighted by atomic mass is 10.2. The third-order valence-electron chi connectivity index (χ3n) is 2.67. The highest BCUT2D eigenvalue weighted by molar-refractivity contribution is 5.91. The van der Waals surface area contributed by atoms with Crippen molar-refractivity contribution in [2.24, 2.45) is 0 Å². The molecular weight excluding hydrogens is 256 g/mol. The number of ether oxygens (including phenoxy) is 3. The molecule has 0 atom stereocenters. The molecule has 0 aliphatic rings. The number of methoxy groups -OCH3 is 1. The fourth-order valence-electron chi connectivity index (χ4n) is 1.66. The van der Waals surface area contributed by atoms with Crippen LogP contribution in [0.3, 0.4) is 0 Å². The van der Waals surface area contributed by atoms with E-state index in [2.05, 4.69) is 0 Å². The van der Waals surface area contributed by atoms with Gasteiger partial charge in [-0.25, -0.2) is 4.79 Å². The molecule has 0 aromatic heterocycles. The fraction of sp³-hybridized carbons (Fsp3) is 0.188. The van der Waals surface area contributed by atoms with Gasteiger partial charge < -0.3 is 14.2 Å². The average Bonchev–Trinajstić information content (AvgIpc) is 2.49. The lowest BCUT2D eigenvalue weighted by molar-refractivity contribution is 0.0734. The minimum atomic E-state index is -0.404. The second kappa shape index (κ2) is 6.61. The Kier molecular flexibility index (Phi) is 4.60. The van der Waals surface area contributed by atoms with Gasteiger partial charge in [-0.15, -0.1) is 0 Å². The van der Waals surface area contributed by atoms with Gasteiger partial charge in [0.1, 0.15) is 17.2 Å². The molecule has 0 amide bonds. The minimum absolute atomic E-state index is 0.404. The summed E-state index contributed by atoms with van der Waals surface area (Å²) in [5.41, 5.74) is 0.476. The molecule has 0 radical (unpaired) electrons. The summed E-state index contributed by atoms with van der Waals surface area (Å²) in [6.07, 6.45) is 0. The Bertz CT molecular complexity index is 558. The molecule has 0 N–H and O–H groups in total. The first-order valence-corrected chi connectivity index (χ1v) is 6.32. The van der Waals surface area contributed by atoms with E-state index in [0.717, 1.165) is 5.75 Å². The van der Waals surface area contributed by atoms with Crippen LogP contribution in [0.5, 0.6) is 17.2 Å². The van der Waals surface area contributed by atoms with Crippen molar-refractivity contribution in [1.29, 1.82) is 0 Å². The van der Waals surface area contributed by atoms with Crippen LogP contribution in [-0.4, -0.2) is 19.7 Å². The van der Waals surface area contributed by atoms with E-state index in [9.17, 15) is 4.79 Å². The molecule has 2 rings (SSSR count). The van der Waals surface area contributed by atoms with Gasteiger partial charge in [-0.2, -0.15) is 0 Å². The predicted octanol–water partition coefficient (Wildman–Crippen LogP) is 3.31. The summed E-state index contributed by atoms with van der Waals surface area (Å²) >= 11 is 0. The van der Waals surface area contributed by atoms with Gasteiger partial charge in [-0.1, -0.05) is 0 Å². The lowest BCUT2D eigenvalue weighted by Gasteiger charge is -2.06. The summed E-state index contributed by atoms with van der Waals surface area (Å²) in [6.45, 7) is 2.50. The Morgan fingerprint density at radius 3 is 2.00 bits per heavy atom. The zero-order valence-corrected chi connectivity index (χ0v) is 11.5. The van der Waals surface area contributed by atoms with Crippen molar-refractivity contribution < 1.29 is 19.0 Å². The summed E-state index contributed by atoms with van der Waals surface area (Å²) in [5, 5.41) is 0. The molecule has 0 spiro atoms. The molecule has 2 aromatic carbocycles. The first-order valence-electron chi connectivity index (χ1n) is 6.32. The van der Waals surface area contributed by atoms with Gasteiger partial charge >= 0.3 is 5.97 Å². The van der Waals surface area contributed by atoms with E-state index in [-0.39, 0.29) is 0 Å². The molecule has 4 nitrogen and oxygen atoms in total. The average molecular weight is 272 g/mol. The number of carbonyl (C=O) groups is 1. The molecule has 2 aromatic rings. The van der Waals surface area contributed by atoms with E-state index in [4.69, 9.17) is 14.2 Å². The predicted molar refractivity (Wildman–Crippen MR) is 75.6 cm³/mol. The van der Waals surface area contributed by atoms with Crippen LogP contribution in [0, 0.1) is 0 Å². The van der Waals surface area contributed by atoms with E-state index in [1.807, 2.05) is 6.92 Å². The molecule has 0 aliphatic carbocycles. The maximum absolute atomic E-state index is 11.9.